The molecule has 9 heteroatoms. The Morgan fingerprint density at radius 1 is 0.362 bits per heavy atom. The van der Waals surface area contributed by atoms with Gasteiger partial charge in [-0.15, -0.1) is 0 Å². The molecular weight excluding hydrogens is 865 g/mol. The molecule has 9 nitrogen and oxygen atoms in total. The molecule has 4 aromatic rings. The van der Waals surface area contributed by atoms with E-state index >= 15 is 0 Å². The number of hydrogen-bond donors (Lipinski definition) is 3. The van der Waals surface area contributed by atoms with Gasteiger partial charge in [-0.05, 0) is 198 Å². The van der Waals surface area contributed by atoms with Gasteiger partial charge in [0.1, 0.15) is 17.2 Å². The summed E-state index contributed by atoms with van der Waals surface area (Å²) in [4.78, 5) is 38.1. The lowest BCUT2D eigenvalue weighted by molar-refractivity contribution is 0.0686. The topological polar surface area (TPSA) is 140 Å². The maximum absolute atomic E-state index is 12.7. The highest BCUT2D eigenvalue weighted by Crippen LogP contribution is 2.41. The van der Waals surface area contributed by atoms with E-state index in [1.165, 1.54) is 16.7 Å². The van der Waals surface area contributed by atoms with Gasteiger partial charge in [-0.2, -0.15) is 0 Å². The highest BCUT2D eigenvalue weighted by molar-refractivity contribution is 5.89. The summed E-state index contributed by atoms with van der Waals surface area (Å²) >= 11 is 0. The Morgan fingerprint density at radius 2 is 0.594 bits per heavy atom. The van der Waals surface area contributed by atoms with Crippen LogP contribution in [0.3, 0.4) is 0 Å². The number of ether oxygens (including phenoxy) is 3. The van der Waals surface area contributed by atoms with Gasteiger partial charge < -0.3 is 29.5 Å². The lowest BCUT2D eigenvalue weighted by atomic mass is 9.75. The summed E-state index contributed by atoms with van der Waals surface area (Å²) in [5.74, 6) is 1.27. The summed E-state index contributed by atoms with van der Waals surface area (Å²) in [6, 6.07) is 15.6. The van der Waals surface area contributed by atoms with Gasteiger partial charge in [-0.3, -0.25) is 0 Å². The minimum atomic E-state index is -1.01. The van der Waals surface area contributed by atoms with E-state index in [2.05, 4.69) is 83.1 Å². The van der Waals surface area contributed by atoms with E-state index in [0.29, 0.717) is 91.8 Å². The molecule has 69 heavy (non-hydrogen) atoms. The number of carbonyl (C=O) groups is 3. The van der Waals surface area contributed by atoms with E-state index in [1.54, 1.807) is 54.6 Å². The van der Waals surface area contributed by atoms with E-state index in [1.807, 2.05) is 0 Å². The first-order valence-corrected chi connectivity index (χ1v) is 25.8. The molecule has 0 atom stereocenters. The summed E-state index contributed by atoms with van der Waals surface area (Å²) in [5, 5.41) is 31.1. The number of carboxylic acid groups (broad SMARTS) is 3. The molecule has 0 amide bonds. The predicted octanol–water partition coefficient (Wildman–Crippen LogP) is 14.6. The summed E-state index contributed by atoms with van der Waals surface area (Å²) in [6.45, 7) is 27.8. The quantitative estimate of drug-likeness (QED) is 0.0466. The molecule has 0 radical (unpaired) electrons. The summed E-state index contributed by atoms with van der Waals surface area (Å²) in [7, 11) is 0. The molecule has 0 saturated carbocycles. The van der Waals surface area contributed by atoms with E-state index in [9.17, 15) is 29.7 Å². The number of benzene rings is 4. The van der Waals surface area contributed by atoms with Crippen LogP contribution in [0.25, 0.3) is 0 Å². The summed E-state index contributed by atoms with van der Waals surface area (Å²) in [6.07, 6.45) is 8.64. The van der Waals surface area contributed by atoms with Gasteiger partial charge in [-0.25, -0.2) is 14.4 Å². The number of rotatable bonds is 30. The Labute approximate surface area is 414 Å². The van der Waals surface area contributed by atoms with E-state index in [-0.39, 0.29) is 16.7 Å². The minimum absolute atomic E-state index is 0.185. The Balaban J connectivity index is 2.27. The van der Waals surface area contributed by atoms with Crippen LogP contribution in [0.15, 0.2) is 54.6 Å². The first kappa shape index (κ1) is 56.3. The van der Waals surface area contributed by atoms with Crippen molar-refractivity contribution in [3.05, 3.63) is 121 Å². The molecule has 0 aromatic heterocycles. The number of aromatic carboxylic acids is 3. The van der Waals surface area contributed by atoms with Crippen molar-refractivity contribution in [3.8, 4) is 17.2 Å². The average Bonchev–Trinajstić information content (AvgIpc) is 3.26. The first-order chi connectivity index (χ1) is 32.6. The molecule has 3 N–H and O–H groups in total. The molecular formula is C60H84O9. The van der Waals surface area contributed by atoms with Crippen LogP contribution in [0.1, 0.15) is 203 Å². The second kappa shape index (κ2) is 27.2. The fourth-order valence-corrected chi connectivity index (χ4v) is 8.70. The van der Waals surface area contributed by atoms with Gasteiger partial charge in [0.05, 0.1) is 36.5 Å². The largest absolute Gasteiger partial charge is 0.493 e. The maximum Gasteiger partial charge on any atom is 0.335 e. The first-order valence-electron chi connectivity index (χ1n) is 25.8. The van der Waals surface area contributed by atoms with Crippen molar-refractivity contribution in [2.45, 2.75) is 160 Å². The van der Waals surface area contributed by atoms with E-state index in [4.69, 9.17) is 14.2 Å². The predicted molar refractivity (Wildman–Crippen MR) is 279 cm³/mol. The molecule has 378 valence electrons. The lowest BCUT2D eigenvalue weighted by Gasteiger charge is -2.30. The van der Waals surface area contributed by atoms with Crippen molar-refractivity contribution < 1.29 is 43.9 Å². The van der Waals surface area contributed by atoms with Gasteiger partial charge in [0.2, 0.25) is 0 Å². The molecule has 0 aliphatic carbocycles. The lowest BCUT2D eigenvalue weighted by Crippen LogP contribution is -2.18. The molecule has 0 fully saturated rings. The van der Waals surface area contributed by atoms with Gasteiger partial charge in [0.15, 0.2) is 0 Å². The van der Waals surface area contributed by atoms with Crippen molar-refractivity contribution in [1.29, 1.82) is 0 Å². The van der Waals surface area contributed by atoms with Crippen LogP contribution in [0.5, 0.6) is 17.2 Å². The van der Waals surface area contributed by atoms with Crippen LogP contribution in [0, 0.1) is 35.5 Å². The Bertz CT molecular complexity index is 2040. The summed E-state index contributed by atoms with van der Waals surface area (Å²) in [5.41, 5.74) is 9.88. The normalized spacial score (nSPS) is 11.7. The van der Waals surface area contributed by atoms with Gasteiger partial charge in [0, 0.05) is 19.3 Å². The van der Waals surface area contributed by atoms with Crippen LogP contribution < -0.4 is 14.2 Å². The zero-order chi connectivity index (χ0) is 50.9. The second-order valence-electron chi connectivity index (χ2n) is 21.7. The third-order valence-electron chi connectivity index (χ3n) is 13.0. The van der Waals surface area contributed by atoms with Crippen molar-refractivity contribution in [3.63, 3.8) is 0 Å². The summed E-state index contributed by atoms with van der Waals surface area (Å²) < 4.78 is 19.6. The van der Waals surface area contributed by atoms with E-state index in [0.717, 1.165) is 91.2 Å². The SMILES string of the molecule is CC(C)CCOc1ccc(C(=O)O)cc1Cc1c(CCC(C)C)c(Cc2cc(C(=O)O)ccc2OCCC(C)C)c(CCC(C)C)c(Cc2cc(C(=O)O)ccc2OCCC(C)C)c1CCC(C)C. The van der Waals surface area contributed by atoms with Crippen molar-refractivity contribution >= 4 is 17.9 Å². The molecule has 0 unspecified atom stereocenters. The zero-order valence-electron chi connectivity index (χ0n) is 44.1. The third-order valence-corrected chi connectivity index (χ3v) is 13.0. The Kier molecular flexibility index (Phi) is 22.2. The molecule has 0 bridgehead atoms. The second-order valence-corrected chi connectivity index (χ2v) is 21.7. The highest BCUT2D eigenvalue weighted by Gasteiger charge is 2.28. The van der Waals surface area contributed by atoms with Crippen molar-refractivity contribution in [1.82, 2.24) is 0 Å². The Hall–Kier alpha value is -5.31. The van der Waals surface area contributed by atoms with Crippen LogP contribution in [0.4, 0.5) is 0 Å². The molecule has 0 aliphatic rings. The van der Waals surface area contributed by atoms with Crippen LogP contribution in [-0.4, -0.2) is 53.0 Å². The number of carboxylic acids is 3. The smallest absolute Gasteiger partial charge is 0.335 e. The minimum Gasteiger partial charge on any atom is -0.493 e. The van der Waals surface area contributed by atoms with Crippen LogP contribution in [0.2, 0.25) is 0 Å². The molecule has 0 spiro atoms. The molecule has 4 aromatic carbocycles. The van der Waals surface area contributed by atoms with Gasteiger partial charge in [-0.1, -0.05) is 83.1 Å². The van der Waals surface area contributed by atoms with Crippen LogP contribution >= 0.6 is 0 Å². The van der Waals surface area contributed by atoms with Crippen molar-refractivity contribution in [2.24, 2.45) is 35.5 Å². The Morgan fingerprint density at radius 3 is 0.797 bits per heavy atom. The molecule has 4 rings (SSSR count). The van der Waals surface area contributed by atoms with Gasteiger partial charge >= 0.3 is 17.9 Å². The maximum atomic E-state index is 12.7. The van der Waals surface area contributed by atoms with E-state index < -0.39 is 17.9 Å². The number of hydrogen-bond acceptors (Lipinski definition) is 6. The fourth-order valence-electron chi connectivity index (χ4n) is 8.70. The fraction of sp³-hybridized carbons (Fsp3) is 0.550. The average molecular weight is 949 g/mol. The molecule has 0 aliphatic heterocycles. The monoisotopic (exact) mass is 949 g/mol. The van der Waals surface area contributed by atoms with Gasteiger partial charge in [0.25, 0.3) is 0 Å². The third kappa shape index (κ3) is 17.6. The zero-order valence-corrected chi connectivity index (χ0v) is 44.1. The molecule has 0 heterocycles. The van der Waals surface area contributed by atoms with Crippen LogP contribution in [-0.2, 0) is 38.5 Å². The molecule has 0 saturated heterocycles. The highest BCUT2D eigenvalue weighted by atomic mass is 16.5. The van der Waals surface area contributed by atoms with Crippen molar-refractivity contribution in [2.75, 3.05) is 19.8 Å². The standard InChI is InChI=1S/C60H84O9/c1-37(2)13-19-49-52(34-46-31-43(58(61)62)16-22-55(46)67-28-25-40(7)8)50(20-14-38(3)4)54(36-48-33-45(60(65)66)18-24-57(48)69-30-27-42(11)12)51(21-15-39(5)6)53(49)35-47-32-44(59(63)64)17-23-56(47)68-29-26-41(9)10/h16-18,22-24,31-33,37-42H,13-15,19-21,25-30,34-36H2,1-12H3,(H,61,62)(H,63,64)(H,65,66).